The number of amides is 1. The van der Waals surface area contributed by atoms with Crippen LogP contribution in [0, 0.1) is 0 Å². The van der Waals surface area contributed by atoms with E-state index in [1.807, 2.05) is 65.4 Å². The average molecular weight is 342 g/mol. The Balaban J connectivity index is 1.42. The molecule has 0 fully saturated rings. The summed E-state index contributed by atoms with van der Waals surface area (Å²) in [6.07, 6.45) is 7.19. The summed E-state index contributed by atoms with van der Waals surface area (Å²) < 4.78 is 1.96. The van der Waals surface area contributed by atoms with Crippen LogP contribution in [0.15, 0.2) is 79.4 Å². The van der Waals surface area contributed by atoms with Gasteiger partial charge in [0.05, 0.1) is 5.69 Å². The Kier molecular flexibility index (Phi) is 4.43. The summed E-state index contributed by atoms with van der Waals surface area (Å²) in [7, 11) is 0. The highest BCUT2D eigenvalue weighted by atomic mass is 16.1. The zero-order valence-corrected chi connectivity index (χ0v) is 14.2. The number of rotatable bonds is 5. The van der Waals surface area contributed by atoms with Crippen LogP contribution in [-0.2, 0) is 17.9 Å². The highest BCUT2D eigenvalue weighted by Gasteiger charge is 2.07. The second-order valence-electron chi connectivity index (χ2n) is 6.06. The Morgan fingerprint density at radius 2 is 1.85 bits per heavy atom. The molecule has 4 rings (SSSR count). The first kappa shape index (κ1) is 16.0. The maximum Gasteiger partial charge on any atom is 0.240 e. The Hall–Kier alpha value is -3.47. The molecule has 1 N–H and O–H groups in total. The van der Waals surface area contributed by atoms with Crippen LogP contribution in [0.25, 0.3) is 22.2 Å². The van der Waals surface area contributed by atoms with E-state index in [1.165, 1.54) is 0 Å². The minimum Gasteiger partial charge on any atom is -0.350 e. The van der Waals surface area contributed by atoms with Crippen molar-refractivity contribution in [2.75, 3.05) is 0 Å². The SMILES string of the molecule is O=C(Cn1ccc2ccccc21)NCc1ccnc(-c2ccncc2)c1. The van der Waals surface area contributed by atoms with Crippen molar-refractivity contribution in [2.45, 2.75) is 13.1 Å². The van der Waals surface area contributed by atoms with E-state index in [1.54, 1.807) is 18.6 Å². The fourth-order valence-corrected chi connectivity index (χ4v) is 2.95. The number of pyridine rings is 2. The monoisotopic (exact) mass is 342 g/mol. The topological polar surface area (TPSA) is 59.8 Å². The number of benzene rings is 1. The largest absolute Gasteiger partial charge is 0.350 e. The van der Waals surface area contributed by atoms with Gasteiger partial charge in [-0.15, -0.1) is 0 Å². The molecule has 3 heterocycles. The van der Waals surface area contributed by atoms with Gasteiger partial charge in [-0.1, -0.05) is 18.2 Å². The predicted octanol–water partition coefficient (Wildman–Crippen LogP) is 3.41. The lowest BCUT2D eigenvalue weighted by Crippen LogP contribution is -2.26. The fourth-order valence-electron chi connectivity index (χ4n) is 2.95. The molecule has 0 aliphatic rings. The molecule has 4 aromatic rings. The molecular formula is C21H18N4O. The molecule has 0 unspecified atom stereocenters. The second kappa shape index (κ2) is 7.19. The van der Waals surface area contributed by atoms with Crippen molar-refractivity contribution < 1.29 is 4.79 Å². The summed E-state index contributed by atoms with van der Waals surface area (Å²) in [5, 5.41) is 4.12. The summed E-state index contributed by atoms with van der Waals surface area (Å²) >= 11 is 0. The molecule has 0 radical (unpaired) electrons. The second-order valence-corrected chi connectivity index (χ2v) is 6.06. The third-order valence-corrected chi connectivity index (χ3v) is 4.28. The first-order valence-corrected chi connectivity index (χ1v) is 8.45. The highest BCUT2D eigenvalue weighted by Crippen LogP contribution is 2.17. The molecule has 3 aromatic heterocycles. The van der Waals surface area contributed by atoms with E-state index >= 15 is 0 Å². The summed E-state index contributed by atoms with van der Waals surface area (Å²) in [5.41, 5.74) is 3.95. The van der Waals surface area contributed by atoms with Crippen LogP contribution in [0.5, 0.6) is 0 Å². The van der Waals surface area contributed by atoms with Crippen molar-refractivity contribution >= 4 is 16.8 Å². The minimum absolute atomic E-state index is 0.0198. The van der Waals surface area contributed by atoms with Gasteiger partial charge in [0.25, 0.3) is 0 Å². The smallest absolute Gasteiger partial charge is 0.240 e. The number of hydrogen-bond donors (Lipinski definition) is 1. The summed E-state index contributed by atoms with van der Waals surface area (Å²) in [4.78, 5) is 20.7. The molecule has 128 valence electrons. The molecule has 5 nitrogen and oxygen atoms in total. The lowest BCUT2D eigenvalue weighted by molar-refractivity contribution is -0.121. The van der Waals surface area contributed by atoms with Crippen molar-refractivity contribution in [3.63, 3.8) is 0 Å². The lowest BCUT2D eigenvalue weighted by atomic mass is 10.1. The van der Waals surface area contributed by atoms with E-state index in [4.69, 9.17) is 0 Å². The summed E-state index contributed by atoms with van der Waals surface area (Å²) in [6.45, 7) is 0.772. The average Bonchev–Trinajstić information content (AvgIpc) is 3.10. The zero-order chi connectivity index (χ0) is 17.8. The quantitative estimate of drug-likeness (QED) is 0.604. The van der Waals surface area contributed by atoms with Gasteiger partial charge in [0.2, 0.25) is 5.91 Å². The predicted molar refractivity (Wildman–Crippen MR) is 101 cm³/mol. The third kappa shape index (κ3) is 3.47. The van der Waals surface area contributed by atoms with Crippen molar-refractivity contribution in [1.82, 2.24) is 19.9 Å². The van der Waals surface area contributed by atoms with Crippen molar-refractivity contribution in [3.05, 3.63) is 84.9 Å². The molecule has 0 saturated carbocycles. The first-order chi connectivity index (χ1) is 12.8. The molecular weight excluding hydrogens is 324 g/mol. The zero-order valence-electron chi connectivity index (χ0n) is 14.2. The van der Waals surface area contributed by atoms with E-state index in [-0.39, 0.29) is 5.91 Å². The van der Waals surface area contributed by atoms with Crippen LogP contribution in [0.4, 0.5) is 0 Å². The molecule has 26 heavy (non-hydrogen) atoms. The Morgan fingerprint density at radius 1 is 1.00 bits per heavy atom. The van der Waals surface area contributed by atoms with Crippen LogP contribution in [-0.4, -0.2) is 20.4 Å². The Labute approximate surface area is 151 Å². The van der Waals surface area contributed by atoms with Crippen LogP contribution >= 0.6 is 0 Å². The number of hydrogen-bond acceptors (Lipinski definition) is 3. The maximum atomic E-state index is 12.3. The van der Waals surface area contributed by atoms with Gasteiger partial charge in [-0.25, -0.2) is 0 Å². The van der Waals surface area contributed by atoms with Gasteiger partial charge in [-0.05, 0) is 47.3 Å². The maximum absolute atomic E-state index is 12.3. The van der Waals surface area contributed by atoms with Gasteiger partial charge in [0.15, 0.2) is 0 Å². The number of carbonyl (C=O) groups excluding carboxylic acids is 1. The molecule has 0 atom stereocenters. The van der Waals surface area contributed by atoms with E-state index in [2.05, 4.69) is 15.3 Å². The molecule has 1 amide bonds. The van der Waals surface area contributed by atoms with Gasteiger partial charge in [-0.2, -0.15) is 0 Å². The van der Waals surface area contributed by atoms with Crippen molar-refractivity contribution in [2.24, 2.45) is 0 Å². The number of para-hydroxylation sites is 1. The minimum atomic E-state index is -0.0198. The van der Waals surface area contributed by atoms with E-state index < -0.39 is 0 Å². The van der Waals surface area contributed by atoms with Gasteiger partial charge >= 0.3 is 0 Å². The van der Waals surface area contributed by atoms with Crippen molar-refractivity contribution in [3.8, 4) is 11.3 Å². The van der Waals surface area contributed by atoms with E-state index in [0.717, 1.165) is 27.7 Å². The first-order valence-electron chi connectivity index (χ1n) is 8.45. The highest BCUT2D eigenvalue weighted by molar-refractivity contribution is 5.83. The Morgan fingerprint density at radius 3 is 2.73 bits per heavy atom. The number of carbonyl (C=O) groups is 1. The van der Waals surface area contributed by atoms with E-state index in [9.17, 15) is 4.79 Å². The summed E-state index contributed by atoms with van der Waals surface area (Å²) in [5.74, 6) is -0.0198. The number of nitrogens with one attached hydrogen (secondary N) is 1. The van der Waals surface area contributed by atoms with Crippen LogP contribution < -0.4 is 5.32 Å². The number of aromatic nitrogens is 3. The third-order valence-electron chi connectivity index (χ3n) is 4.28. The van der Waals surface area contributed by atoms with Gasteiger partial charge in [0.1, 0.15) is 6.54 Å². The van der Waals surface area contributed by atoms with Crippen molar-refractivity contribution in [1.29, 1.82) is 0 Å². The van der Waals surface area contributed by atoms with Gasteiger partial charge < -0.3 is 9.88 Å². The Bertz CT molecular complexity index is 1040. The molecule has 0 spiro atoms. The molecule has 0 bridgehead atoms. The molecule has 1 aromatic carbocycles. The molecule has 5 heteroatoms. The normalized spacial score (nSPS) is 10.8. The number of nitrogens with zero attached hydrogens (tertiary/aromatic N) is 3. The van der Waals surface area contributed by atoms with Crippen LogP contribution in [0.2, 0.25) is 0 Å². The standard InChI is InChI=1S/C21H18N4O/c26-21(15-25-12-8-18-3-1-2-4-20(18)25)24-14-16-5-11-23-19(13-16)17-6-9-22-10-7-17/h1-13H,14-15H2,(H,24,26). The fraction of sp³-hybridized carbons (Fsp3) is 0.0952. The molecule has 0 saturated heterocycles. The van der Waals surface area contributed by atoms with Gasteiger partial charge in [-0.3, -0.25) is 14.8 Å². The van der Waals surface area contributed by atoms with E-state index in [0.29, 0.717) is 13.1 Å². The van der Waals surface area contributed by atoms with Crippen LogP contribution in [0.3, 0.4) is 0 Å². The number of fused-ring (bicyclic) bond motifs is 1. The summed E-state index contributed by atoms with van der Waals surface area (Å²) in [6, 6.07) is 17.8. The lowest BCUT2D eigenvalue weighted by Gasteiger charge is -2.09. The van der Waals surface area contributed by atoms with Crippen LogP contribution in [0.1, 0.15) is 5.56 Å². The molecule has 0 aliphatic heterocycles. The molecule has 0 aliphatic carbocycles. The van der Waals surface area contributed by atoms with Gasteiger partial charge in [0, 0.05) is 42.4 Å².